The number of aromatic nitrogens is 2. The Morgan fingerprint density at radius 1 is 1.13 bits per heavy atom. The van der Waals surface area contributed by atoms with Crippen molar-refractivity contribution in [1.82, 2.24) is 9.55 Å². The molecule has 0 aliphatic rings. The van der Waals surface area contributed by atoms with Gasteiger partial charge in [0.05, 0.1) is 18.4 Å². The van der Waals surface area contributed by atoms with Crippen LogP contribution in [0.3, 0.4) is 0 Å². The van der Waals surface area contributed by atoms with Gasteiger partial charge >= 0.3 is 11.9 Å². The van der Waals surface area contributed by atoms with E-state index in [-0.39, 0.29) is 16.9 Å². The van der Waals surface area contributed by atoms with Crippen LogP contribution in [0, 0.1) is 9.39 Å². The molecule has 4 rings (SSSR count). The molecule has 0 radical (unpaired) electrons. The summed E-state index contributed by atoms with van der Waals surface area (Å²) in [6.45, 7) is 0. The van der Waals surface area contributed by atoms with Gasteiger partial charge in [0, 0.05) is 15.6 Å². The second-order valence-electron chi connectivity index (χ2n) is 8.22. The Bertz CT molecular complexity index is 1530. The standard InChI is InChI=1S/C26H20F4IN3O4/c1-38-17-9-6-14(7-10-17)22-24(36)34(25(37)33-22)21(12-15-4-2-3-5-18(15)26(28,29)30)23(35)32-20-11-8-16(31)13-19(20)27/h2-11,13,21,36H,12H2,1H3,(H,32,35)(H,33,37)/t21-/m0/s1. The monoisotopic (exact) mass is 641 g/mol. The highest BCUT2D eigenvalue weighted by Gasteiger charge is 2.36. The molecule has 0 saturated heterocycles. The van der Waals surface area contributed by atoms with Gasteiger partial charge in [0.2, 0.25) is 11.8 Å². The van der Waals surface area contributed by atoms with Gasteiger partial charge in [-0.1, -0.05) is 18.2 Å². The van der Waals surface area contributed by atoms with E-state index in [1.807, 2.05) is 22.6 Å². The number of ether oxygens (including phenoxy) is 1. The first-order valence-electron chi connectivity index (χ1n) is 11.1. The number of carbonyl (C=O) groups excluding carboxylic acids is 1. The third kappa shape index (κ3) is 5.69. The van der Waals surface area contributed by atoms with Gasteiger partial charge in [0.15, 0.2) is 0 Å². The molecule has 1 atom stereocenters. The molecule has 4 aromatic rings. The number of rotatable bonds is 7. The van der Waals surface area contributed by atoms with Crippen molar-refractivity contribution in [2.24, 2.45) is 0 Å². The highest BCUT2D eigenvalue weighted by atomic mass is 127. The van der Waals surface area contributed by atoms with E-state index in [9.17, 15) is 32.3 Å². The largest absolute Gasteiger partial charge is 0.497 e. The molecule has 0 aliphatic carbocycles. The highest BCUT2D eigenvalue weighted by Crippen LogP contribution is 2.35. The summed E-state index contributed by atoms with van der Waals surface area (Å²) in [6.07, 6.45) is -5.36. The minimum Gasteiger partial charge on any atom is -0.497 e. The Morgan fingerprint density at radius 2 is 1.82 bits per heavy atom. The molecule has 3 aromatic carbocycles. The molecule has 0 aliphatic heterocycles. The van der Waals surface area contributed by atoms with Gasteiger partial charge in [-0.15, -0.1) is 0 Å². The van der Waals surface area contributed by atoms with Crippen molar-refractivity contribution in [2.75, 3.05) is 12.4 Å². The van der Waals surface area contributed by atoms with Gasteiger partial charge in [-0.25, -0.2) is 13.8 Å². The number of methoxy groups -OCH3 is 1. The Morgan fingerprint density at radius 3 is 2.45 bits per heavy atom. The quantitative estimate of drug-likeness (QED) is 0.177. The lowest BCUT2D eigenvalue weighted by Gasteiger charge is -2.21. The zero-order valence-corrected chi connectivity index (χ0v) is 21.8. The zero-order valence-electron chi connectivity index (χ0n) is 19.6. The number of amides is 1. The van der Waals surface area contributed by atoms with E-state index in [2.05, 4.69) is 10.3 Å². The number of hydrogen-bond donors (Lipinski definition) is 3. The normalized spacial score (nSPS) is 12.3. The van der Waals surface area contributed by atoms with Crippen molar-refractivity contribution >= 4 is 34.2 Å². The van der Waals surface area contributed by atoms with E-state index in [0.717, 1.165) is 12.1 Å². The molecular formula is C26H20F4IN3O4. The molecule has 7 nitrogen and oxygen atoms in total. The molecule has 12 heteroatoms. The summed E-state index contributed by atoms with van der Waals surface area (Å²) in [4.78, 5) is 28.8. The van der Waals surface area contributed by atoms with Crippen LogP contribution in [0.15, 0.2) is 71.5 Å². The number of imidazole rings is 1. The van der Waals surface area contributed by atoms with Crippen LogP contribution in [0.2, 0.25) is 0 Å². The number of H-pyrrole nitrogens is 1. The first-order valence-corrected chi connectivity index (χ1v) is 12.2. The molecule has 0 unspecified atom stereocenters. The molecule has 3 N–H and O–H groups in total. The van der Waals surface area contributed by atoms with Crippen molar-refractivity contribution in [2.45, 2.75) is 18.6 Å². The minimum absolute atomic E-state index is 0.0556. The van der Waals surface area contributed by atoms with Gasteiger partial charge in [-0.2, -0.15) is 13.2 Å². The Balaban J connectivity index is 1.81. The van der Waals surface area contributed by atoms with Crippen LogP contribution in [-0.4, -0.2) is 27.7 Å². The number of hydrogen-bond acceptors (Lipinski definition) is 4. The number of benzene rings is 3. The summed E-state index contributed by atoms with van der Waals surface area (Å²) in [5.41, 5.74) is -2.17. The summed E-state index contributed by atoms with van der Waals surface area (Å²) in [5, 5.41) is 13.3. The number of carbonyl (C=O) groups is 1. The van der Waals surface area contributed by atoms with Gasteiger partial charge in [0.1, 0.15) is 23.3 Å². The molecule has 38 heavy (non-hydrogen) atoms. The highest BCUT2D eigenvalue weighted by molar-refractivity contribution is 14.1. The van der Waals surface area contributed by atoms with E-state index >= 15 is 0 Å². The predicted octanol–water partition coefficient (Wildman–Crippen LogP) is 5.74. The SMILES string of the molecule is COc1ccc(-c2[nH]c(=O)n([C@@H](Cc3ccccc3C(F)(F)F)C(=O)Nc3ccc(I)cc3F)c2O)cc1. The smallest absolute Gasteiger partial charge is 0.416 e. The fourth-order valence-electron chi connectivity index (χ4n) is 3.98. The average Bonchev–Trinajstić information content (AvgIpc) is 3.17. The summed E-state index contributed by atoms with van der Waals surface area (Å²) in [6, 6.07) is 13.1. The van der Waals surface area contributed by atoms with E-state index in [1.165, 1.54) is 37.4 Å². The maximum absolute atomic E-state index is 14.5. The van der Waals surface area contributed by atoms with Gasteiger partial charge in [-0.05, 0) is 76.7 Å². The molecule has 0 spiro atoms. The van der Waals surface area contributed by atoms with Crippen molar-refractivity contribution in [3.63, 3.8) is 0 Å². The third-order valence-corrected chi connectivity index (χ3v) is 6.49. The lowest BCUT2D eigenvalue weighted by molar-refractivity contribution is -0.138. The summed E-state index contributed by atoms with van der Waals surface area (Å²) >= 11 is 1.88. The first-order chi connectivity index (χ1) is 18.0. The Hall–Kier alpha value is -3.81. The Kier molecular flexibility index (Phi) is 7.81. The van der Waals surface area contributed by atoms with E-state index in [4.69, 9.17) is 4.74 Å². The van der Waals surface area contributed by atoms with Crippen LogP contribution >= 0.6 is 22.6 Å². The fraction of sp³-hybridized carbons (Fsp3) is 0.154. The predicted molar refractivity (Wildman–Crippen MR) is 141 cm³/mol. The average molecular weight is 641 g/mol. The van der Waals surface area contributed by atoms with E-state index < -0.39 is 47.5 Å². The molecule has 198 valence electrons. The van der Waals surface area contributed by atoms with Gasteiger partial charge in [-0.3, -0.25) is 4.79 Å². The van der Waals surface area contributed by atoms with Crippen LogP contribution in [0.5, 0.6) is 11.6 Å². The second kappa shape index (κ2) is 10.9. The third-order valence-electron chi connectivity index (χ3n) is 5.82. The zero-order chi connectivity index (χ0) is 27.6. The maximum Gasteiger partial charge on any atom is 0.416 e. The number of aromatic hydroxyl groups is 1. The molecule has 0 saturated carbocycles. The van der Waals surface area contributed by atoms with Crippen molar-refractivity contribution in [3.05, 3.63) is 97.7 Å². The van der Waals surface area contributed by atoms with Crippen LogP contribution in [0.1, 0.15) is 17.2 Å². The number of nitrogens with one attached hydrogen (secondary N) is 2. The summed E-state index contributed by atoms with van der Waals surface area (Å²) < 4.78 is 61.9. The van der Waals surface area contributed by atoms with Crippen molar-refractivity contribution in [1.29, 1.82) is 0 Å². The van der Waals surface area contributed by atoms with Crippen molar-refractivity contribution < 1.29 is 32.2 Å². The Labute approximate surface area is 227 Å². The van der Waals surface area contributed by atoms with Gasteiger partial charge in [0.25, 0.3) is 0 Å². The molecule has 0 bridgehead atoms. The van der Waals surface area contributed by atoms with E-state index in [1.54, 1.807) is 24.3 Å². The number of alkyl halides is 3. The van der Waals surface area contributed by atoms with Crippen LogP contribution in [-0.2, 0) is 17.4 Å². The molecule has 1 aromatic heterocycles. The van der Waals surface area contributed by atoms with Crippen LogP contribution in [0.4, 0.5) is 23.2 Å². The lowest BCUT2D eigenvalue weighted by Crippen LogP contribution is -2.34. The molecule has 0 fully saturated rings. The molecule has 1 heterocycles. The fourth-order valence-corrected chi connectivity index (χ4v) is 4.43. The molecular weight excluding hydrogens is 621 g/mol. The first kappa shape index (κ1) is 27.2. The second-order valence-corrected chi connectivity index (χ2v) is 9.46. The summed E-state index contributed by atoms with van der Waals surface area (Å²) in [5.74, 6) is -1.94. The maximum atomic E-state index is 14.5. The van der Waals surface area contributed by atoms with E-state index in [0.29, 0.717) is 19.5 Å². The minimum atomic E-state index is -4.74. The van der Waals surface area contributed by atoms with Gasteiger partial charge < -0.3 is 20.1 Å². The number of aromatic amines is 1. The number of halogens is 5. The number of anilines is 1. The van der Waals surface area contributed by atoms with Crippen LogP contribution in [0.25, 0.3) is 11.3 Å². The van der Waals surface area contributed by atoms with Crippen molar-refractivity contribution in [3.8, 4) is 22.9 Å². The number of nitrogens with zero attached hydrogens (tertiary/aromatic N) is 1. The summed E-state index contributed by atoms with van der Waals surface area (Å²) in [7, 11) is 1.46. The lowest BCUT2D eigenvalue weighted by atomic mass is 9.99. The molecule has 1 amide bonds. The topological polar surface area (TPSA) is 96.4 Å². The van der Waals surface area contributed by atoms with Crippen LogP contribution < -0.4 is 15.7 Å².